The van der Waals surface area contributed by atoms with Crippen LogP contribution < -0.4 is 4.74 Å². The molecule has 3 heteroatoms. The van der Waals surface area contributed by atoms with Gasteiger partial charge in [-0.1, -0.05) is 24.3 Å². The van der Waals surface area contributed by atoms with Crippen molar-refractivity contribution >= 4 is 23.4 Å². The van der Waals surface area contributed by atoms with Crippen molar-refractivity contribution in [2.45, 2.75) is 0 Å². The monoisotopic (exact) mass is 230 g/mol. The lowest BCUT2D eigenvalue weighted by Crippen LogP contribution is -2.02. The van der Waals surface area contributed by atoms with Gasteiger partial charge < -0.3 is 4.74 Å². The van der Waals surface area contributed by atoms with Crippen LogP contribution in [0.2, 0.25) is 0 Å². The van der Waals surface area contributed by atoms with Gasteiger partial charge in [-0.3, -0.25) is 0 Å². The maximum absolute atomic E-state index is 11.4. The molecule has 1 aromatic heterocycles. The van der Waals surface area contributed by atoms with Crippen molar-refractivity contribution in [1.29, 1.82) is 0 Å². The first-order valence-electron chi connectivity index (χ1n) is 4.83. The van der Waals surface area contributed by atoms with Crippen molar-refractivity contribution in [2.24, 2.45) is 0 Å². The Kier molecular flexibility index (Phi) is 3.51. The normalized spacial score (nSPS) is 10.5. The summed E-state index contributed by atoms with van der Waals surface area (Å²) in [5.74, 6) is 0.197. The lowest BCUT2D eigenvalue weighted by molar-refractivity contribution is -0.128. The van der Waals surface area contributed by atoms with Crippen LogP contribution in [0.4, 0.5) is 0 Å². The molecule has 80 valence electrons. The van der Waals surface area contributed by atoms with Crippen LogP contribution in [0.1, 0.15) is 4.88 Å². The maximum Gasteiger partial charge on any atom is 0.336 e. The SMILES string of the molecule is O=C(/C=C/c1cccs1)Oc1ccccc1. The summed E-state index contributed by atoms with van der Waals surface area (Å²) >= 11 is 1.58. The van der Waals surface area contributed by atoms with Gasteiger partial charge in [-0.05, 0) is 29.7 Å². The van der Waals surface area contributed by atoms with E-state index in [0.717, 1.165) is 4.88 Å². The fourth-order valence-corrected chi connectivity index (χ4v) is 1.79. The van der Waals surface area contributed by atoms with E-state index in [4.69, 9.17) is 4.74 Å². The first-order chi connectivity index (χ1) is 7.84. The highest BCUT2D eigenvalue weighted by Crippen LogP contribution is 2.12. The molecule has 0 aliphatic carbocycles. The number of hydrogen-bond donors (Lipinski definition) is 0. The molecule has 2 aromatic rings. The molecule has 0 atom stereocenters. The van der Waals surface area contributed by atoms with Gasteiger partial charge in [0.15, 0.2) is 0 Å². The molecule has 0 fully saturated rings. The van der Waals surface area contributed by atoms with Gasteiger partial charge in [0.05, 0.1) is 0 Å². The number of hydrogen-bond acceptors (Lipinski definition) is 3. The molecule has 0 saturated carbocycles. The summed E-state index contributed by atoms with van der Waals surface area (Å²) in [5.41, 5.74) is 0. The molecule has 0 unspecified atom stereocenters. The molecule has 0 saturated heterocycles. The van der Waals surface area contributed by atoms with Gasteiger partial charge in [-0.2, -0.15) is 0 Å². The lowest BCUT2D eigenvalue weighted by atomic mass is 10.3. The number of carbonyl (C=O) groups is 1. The zero-order chi connectivity index (χ0) is 11.2. The third-order valence-corrected chi connectivity index (χ3v) is 2.73. The Morgan fingerprint density at radius 3 is 2.62 bits per heavy atom. The first-order valence-corrected chi connectivity index (χ1v) is 5.71. The molecule has 0 aliphatic rings. The number of para-hydroxylation sites is 1. The van der Waals surface area contributed by atoms with Crippen LogP contribution in [0.15, 0.2) is 53.9 Å². The zero-order valence-corrected chi connectivity index (χ0v) is 9.31. The van der Waals surface area contributed by atoms with E-state index in [1.165, 1.54) is 6.08 Å². The summed E-state index contributed by atoms with van der Waals surface area (Å²) in [4.78, 5) is 12.4. The molecule has 0 N–H and O–H groups in total. The zero-order valence-electron chi connectivity index (χ0n) is 8.50. The molecule has 0 amide bonds. The second-order valence-electron chi connectivity index (χ2n) is 3.08. The molecule has 1 heterocycles. The van der Waals surface area contributed by atoms with Crippen molar-refractivity contribution in [1.82, 2.24) is 0 Å². The molecular weight excluding hydrogens is 220 g/mol. The molecule has 1 aromatic carbocycles. The third kappa shape index (κ3) is 3.07. The molecular formula is C13H10O2S. The summed E-state index contributed by atoms with van der Waals surface area (Å²) in [6, 6.07) is 12.9. The van der Waals surface area contributed by atoms with E-state index in [0.29, 0.717) is 5.75 Å². The van der Waals surface area contributed by atoms with E-state index < -0.39 is 0 Å². The van der Waals surface area contributed by atoms with E-state index in [2.05, 4.69) is 0 Å². The van der Waals surface area contributed by atoms with Crippen LogP contribution in [-0.2, 0) is 4.79 Å². The molecule has 2 nitrogen and oxygen atoms in total. The number of esters is 1. The van der Waals surface area contributed by atoms with E-state index >= 15 is 0 Å². The summed E-state index contributed by atoms with van der Waals surface area (Å²) in [6.07, 6.45) is 3.18. The van der Waals surface area contributed by atoms with E-state index in [9.17, 15) is 4.79 Å². The van der Waals surface area contributed by atoms with Crippen LogP contribution in [0.25, 0.3) is 6.08 Å². The average Bonchev–Trinajstić information content (AvgIpc) is 2.81. The van der Waals surface area contributed by atoms with E-state index in [-0.39, 0.29) is 5.97 Å². The van der Waals surface area contributed by atoms with Crippen LogP contribution in [0.3, 0.4) is 0 Å². The summed E-state index contributed by atoms with van der Waals surface area (Å²) < 4.78 is 5.09. The van der Waals surface area contributed by atoms with Crippen molar-refractivity contribution in [3.63, 3.8) is 0 Å². The van der Waals surface area contributed by atoms with Crippen molar-refractivity contribution in [3.05, 3.63) is 58.8 Å². The topological polar surface area (TPSA) is 26.3 Å². The van der Waals surface area contributed by atoms with E-state index in [1.807, 2.05) is 35.7 Å². The fraction of sp³-hybridized carbons (Fsp3) is 0. The van der Waals surface area contributed by atoms with Gasteiger partial charge in [0.2, 0.25) is 0 Å². The highest BCUT2D eigenvalue weighted by Gasteiger charge is 1.98. The van der Waals surface area contributed by atoms with Crippen LogP contribution in [0, 0.1) is 0 Å². The number of ether oxygens (including phenoxy) is 1. The fourth-order valence-electron chi connectivity index (χ4n) is 1.17. The molecule has 2 rings (SSSR count). The molecule has 0 aliphatic heterocycles. The first kappa shape index (κ1) is 10.6. The van der Waals surface area contributed by atoms with Gasteiger partial charge in [0, 0.05) is 11.0 Å². The van der Waals surface area contributed by atoms with Crippen molar-refractivity contribution in [3.8, 4) is 5.75 Å². The lowest BCUT2D eigenvalue weighted by Gasteiger charge is -1.98. The molecule has 0 bridgehead atoms. The molecule has 0 radical (unpaired) electrons. The number of rotatable bonds is 3. The third-order valence-electron chi connectivity index (χ3n) is 1.89. The Balaban J connectivity index is 1.95. The Hall–Kier alpha value is -1.87. The molecule has 0 spiro atoms. The largest absolute Gasteiger partial charge is 0.423 e. The Labute approximate surface area is 97.8 Å². The van der Waals surface area contributed by atoms with Gasteiger partial charge >= 0.3 is 5.97 Å². The second-order valence-corrected chi connectivity index (χ2v) is 4.06. The molecule has 16 heavy (non-hydrogen) atoms. The Morgan fingerprint density at radius 2 is 1.94 bits per heavy atom. The standard InChI is InChI=1S/C13H10O2S/c14-13(9-8-12-7-4-10-16-12)15-11-5-2-1-3-6-11/h1-10H/b9-8+. The smallest absolute Gasteiger partial charge is 0.336 e. The van der Waals surface area contributed by atoms with Crippen LogP contribution in [-0.4, -0.2) is 5.97 Å². The van der Waals surface area contributed by atoms with E-state index in [1.54, 1.807) is 29.5 Å². The Morgan fingerprint density at radius 1 is 1.12 bits per heavy atom. The number of carbonyl (C=O) groups excluding carboxylic acids is 1. The van der Waals surface area contributed by atoms with Gasteiger partial charge in [0.25, 0.3) is 0 Å². The number of thiophene rings is 1. The van der Waals surface area contributed by atoms with Gasteiger partial charge in [0.1, 0.15) is 5.75 Å². The maximum atomic E-state index is 11.4. The number of benzene rings is 1. The Bertz CT molecular complexity index is 472. The van der Waals surface area contributed by atoms with Gasteiger partial charge in [-0.15, -0.1) is 11.3 Å². The highest BCUT2D eigenvalue weighted by atomic mass is 32.1. The highest BCUT2D eigenvalue weighted by molar-refractivity contribution is 7.10. The van der Waals surface area contributed by atoms with Crippen LogP contribution >= 0.6 is 11.3 Å². The van der Waals surface area contributed by atoms with Crippen LogP contribution in [0.5, 0.6) is 5.75 Å². The average molecular weight is 230 g/mol. The summed E-state index contributed by atoms with van der Waals surface area (Å²) in [6.45, 7) is 0. The summed E-state index contributed by atoms with van der Waals surface area (Å²) in [7, 11) is 0. The quantitative estimate of drug-likeness (QED) is 0.459. The van der Waals surface area contributed by atoms with Gasteiger partial charge in [-0.25, -0.2) is 4.79 Å². The van der Waals surface area contributed by atoms with Crippen molar-refractivity contribution in [2.75, 3.05) is 0 Å². The predicted octanol–water partition coefficient (Wildman–Crippen LogP) is 3.37. The second kappa shape index (κ2) is 5.28. The minimum Gasteiger partial charge on any atom is -0.423 e. The predicted molar refractivity (Wildman–Crippen MR) is 65.4 cm³/mol. The minimum atomic E-state index is -0.361. The minimum absolute atomic E-state index is 0.361. The summed E-state index contributed by atoms with van der Waals surface area (Å²) in [5, 5.41) is 1.96. The van der Waals surface area contributed by atoms with Crippen molar-refractivity contribution < 1.29 is 9.53 Å².